The highest BCUT2D eigenvalue weighted by Crippen LogP contribution is 2.26. The lowest BCUT2D eigenvalue weighted by atomic mass is 10.1. The zero-order chi connectivity index (χ0) is 18.4. The van der Waals surface area contributed by atoms with Crippen LogP contribution in [0.15, 0.2) is 28.5 Å². The van der Waals surface area contributed by atoms with Gasteiger partial charge in [-0.1, -0.05) is 0 Å². The molecule has 3 heterocycles. The highest BCUT2D eigenvalue weighted by Gasteiger charge is 2.25. The van der Waals surface area contributed by atoms with Crippen molar-refractivity contribution < 1.29 is 13.9 Å². The maximum atomic E-state index is 13.1. The fourth-order valence-electron chi connectivity index (χ4n) is 2.35. The van der Waals surface area contributed by atoms with E-state index in [4.69, 9.17) is 4.74 Å². The van der Waals surface area contributed by atoms with Crippen molar-refractivity contribution in [3.8, 4) is 5.69 Å². The second kappa shape index (κ2) is 6.03. The quantitative estimate of drug-likeness (QED) is 0.518. The lowest BCUT2D eigenvalue weighted by molar-refractivity contribution is 0.00634. The highest BCUT2D eigenvalue weighted by atomic mass is 32.1. The van der Waals surface area contributed by atoms with Crippen LogP contribution in [-0.4, -0.2) is 26.3 Å². The molecule has 0 N–H and O–H groups in total. The molecule has 0 bridgehead atoms. The molecule has 0 aliphatic carbocycles. The van der Waals surface area contributed by atoms with Gasteiger partial charge in [0.15, 0.2) is 5.69 Å². The highest BCUT2D eigenvalue weighted by molar-refractivity contribution is 7.11. The van der Waals surface area contributed by atoms with E-state index < -0.39 is 23.1 Å². The fraction of sp³-hybridized carbons (Fsp3) is 0.294. The summed E-state index contributed by atoms with van der Waals surface area (Å²) in [4.78, 5) is 29.7. The van der Waals surface area contributed by atoms with Gasteiger partial charge < -0.3 is 4.74 Å². The predicted molar refractivity (Wildman–Crippen MR) is 92.9 cm³/mol. The molecule has 0 aliphatic rings. The number of hydrogen-bond acceptors (Lipinski definition) is 6. The summed E-state index contributed by atoms with van der Waals surface area (Å²) in [7, 11) is 0. The third-order valence-electron chi connectivity index (χ3n) is 3.38. The first-order valence-corrected chi connectivity index (χ1v) is 8.42. The van der Waals surface area contributed by atoms with Gasteiger partial charge in [-0.3, -0.25) is 4.79 Å². The molecule has 8 heteroatoms. The van der Waals surface area contributed by atoms with Gasteiger partial charge in [0.1, 0.15) is 5.60 Å². The lowest BCUT2D eigenvalue weighted by Crippen LogP contribution is -2.28. The van der Waals surface area contributed by atoms with Crippen molar-refractivity contribution in [3.05, 3.63) is 50.6 Å². The second-order valence-corrected chi connectivity index (χ2v) is 7.57. The van der Waals surface area contributed by atoms with Crippen molar-refractivity contribution in [2.45, 2.75) is 33.3 Å². The standard InChI is InChI=1S/C17H16FN3O3S/c1-9-13-11(8-25-9)14(16(23)24-17(2,3)4)20-21(15(13)22)10-5-6-12(18)19-7-10/h5-8H,1-4H3/i18-1. The van der Waals surface area contributed by atoms with Crippen LogP contribution in [-0.2, 0) is 4.74 Å². The number of aromatic nitrogens is 3. The molecule has 0 unspecified atom stereocenters. The van der Waals surface area contributed by atoms with E-state index in [1.54, 1.807) is 33.1 Å². The average Bonchev–Trinajstić information content (AvgIpc) is 2.89. The Kier molecular flexibility index (Phi) is 4.16. The average molecular weight is 360 g/mol. The first-order chi connectivity index (χ1) is 11.7. The number of aryl methyl sites for hydroxylation is 1. The van der Waals surface area contributed by atoms with Gasteiger partial charge >= 0.3 is 5.97 Å². The van der Waals surface area contributed by atoms with E-state index >= 15 is 0 Å². The summed E-state index contributed by atoms with van der Waals surface area (Å²) in [6, 6.07) is 2.50. The van der Waals surface area contributed by atoms with Crippen LogP contribution in [0.3, 0.4) is 0 Å². The minimum Gasteiger partial charge on any atom is -0.455 e. The van der Waals surface area contributed by atoms with E-state index in [1.807, 2.05) is 0 Å². The number of carbonyl (C=O) groups is 1. The number of esters is 1. The van der Waals surface area contributed by atoms with E-state index in [2.05, 4.69) is 10.1 Å². The molecular weight excluding hydrogens is 344 g/mol. The summed E-state index contributed by atoms with van der Waals surface area (Å²) < 4.78 is 19.5. The third-order valence-corrected chi connectivity index (χ3v) is 4.30. The van der Waals surface area contributed by atoms with Gasteiger partial charge in [0, 0.05) is 15.6 Å². The SMILES string of the molecule is Cc1scc2c(C(=O)OC(C)(C)C)nn(-c3ccc([18F])nc3)c(=O)c12. The number of rotatable bonds is 2. The normalized spacial score (nSPS) is 11.7. The Morgan fingerprint density at radius 3 is 2.64 bits per heavy atom. The van der Waals surface area contributed by atoms with Gasteiger partial charge in [0.25, 0.3) is 5.56 Å². The summed E-state index contributed by atoms with van der Waals surface area (Å²) in [5.41, 5.74) is -0.787. The van der Waals surface area contributed by atoms with Crippen LogP contribution in [0.25, 0.3) is 16.5 Å². The van der Waals surface area contributed by atoms with Gasteiger partial charge in [-0.05, 0) is 39.8 Å². The van der Waals surface area contributed by atoms with E-state index in [0.717, 1.165) is 15.6 Å². The van der Waals surface area contributed by atoms with Crippen LogP contribution in [0.2, 0.25) is 0 Å². The molecule has 0 aromatic carbocycles. The Balaban J connectivity index is 2.27. The molecule has 130 valence electrons. The summed E-state index contributed by atoms with van der Waals surface area (Å²) in [5.74, 6) is -1.30. The monoisotopic (exact) mass is 360 g/mol. The Labute approximate surface area is 146 Å². The molecule has 25 heavy (non-hydrogen) atoms. The number of thiophene rings is 1. The molecule has 3 rings (SSSR count). The Bertz CT molecular complexity index is 1020. The molecule has 0 spiro atoms. The van der Waals surface area contributed by atoms with Crippen molar-refractivity contribution in [1.29, 1.82) is 0 Å². The molecule has 0 saturated heterocycles. The van der Waals surface area contributed by atoms with Gasteiger partial charge in [-0.2, -0.15) is 14.2 Å². The molecule has 0 amide bonds. The van der Waals surface area contributed by atoms with Crippen LogP contribution in [0.1, 0.15) is 36.1 Å². The molecule has 3 aromatic rings. The van der Waals surface area contributed by atoms with Gasteiger partial charge in [0.05, 0.1) is 17.3 Å². The van der Waals surface area contributed by atoms with Crippen LogP contribution in [0, 0.1) is 12.9 Å². The smallest absolute Gasteiger partial charge is 0.360 e. The second-order valence-electron chi connectivity index (χ2n) is 6.49. The van der Waals surface area contributed by atoms with Gasteiger partial charge in [-0.25, -0.2) is 9.78 Å². The third kappa shape index (κ3) is 3.30. The molecular formula is C17H16FN3O3S. The number of ether oxygens (including phenoxy) is 1. The lowest BCUT2D eigenvalue weighted by Gasteiger charge is -2.19. The molecule has 3 aromatic heterocycles. The van der Waals surface area contributed by atoms with E-state index in [1.165, 1.54) is 23.6 Å². The predicted octanol–water partition coefficient (Wildman–Crippen LogP) is 3.25. The molecule has 0 radical (unpaired) electrons. The van der Waals surface area contributed by atoms with Crippen LogP contribution in [0.4, 0.5) is 4.39 Å². The van der Waals surface area contributed by atoms with Crippen LogP contribution < -0.4 is 5.56 Å². The molecule has 0 aliphatic heterocycles. The molecule has 0 saturated carbocycles. The summed E-state index contributed by atoms with van der Waals surface area (Å²) in [6.07, 6.45) is 1.19. The van der Waals surface area contributed by atoms with Crippen LogP contribution in [0.5, 0.6) is 0 Å². The number of hydrogen-bond donors (Lipinski definition) is 0. The number of carbonyl (C=O) groups excluding carboxylic acids is 1. The molecule has 0 fully saturated rings. The number of pyridine rings is 1. The number of nitrogens with zero attached hydrogens (tertiary/aromatic N) is 3. The topological polar surface area (TPSA) is 74.1 Å². The van der Waals surface area contributed by atoms with Gasteiger partial charge in [-0.15, -0.1) is 11.3 Å². The van der Waals surface area contributed by atoms with Crippen LogP contribution >= 0.6 is 11.3 Å². The Morgan fingerprint density at radius 1 is 1.32 bits per heavy atom. The van der Waals surface area contributed by atoms with Crippen molar-refractivity contribution in [2.24, 2.45) is 0 Å². The fourth-order valence-corrected chi connectivity index (χ4v) is 3.18. The van der Waals surface area contributed by atoms with Crippen molar-refractivity contribution in [3.63, 3.8) is 0 Å². The zero-order valence-corrected chi connectivity index (χ0v) is 15.0. The van der Waals surface area contributed by atoms with E-state index in [9.17, 15) is 14.0 Å². The maximum absolute atomic E-state index is 13.1. The number of fused-ring (bicyclic) bond motifs is 1. The first-order valence-electron chi connectivity index (χ1n) is 7.54. The largest absolute Gasteiger partial charge is 0.455 e. The zero-order valence-electron chi connectivity index (χ0n) is 14.2. The molecule has 0 atom stereocenters. The summed E-state index contributed by atoms with van der Waals surface area (Å²) in [6.45, 7) is 7.04. The maximum Gasteiger partial charge on any atom is 0.360 e. The summed E-state index contributed by atoms with van der Waals surface area (Å²) >= 11 is 1.35. The van der Waals surface area contributed by atoms with Crippen molar-refractivity contribution in [1.82, 2.24) is 14.8 Å². The Hall–Kier alpha value is -2.61. The van der Waals surface area contributed by atoms with E-state index in [0.29, 0.717) is 10.8 Å². The van der Waals surface area contributed by atoms with E-state index in [-0.39, 0.29) is 11.4 Å². The minimum absolute atomic E-state index is 0.0400. The molecule has 6 nitrogen and oxygen atoms in total. The first kappa shape index (κ1) is 17.2. The van der Waals surface area contributed by atoms with Crippen molar-refractivity contribution >= 4 is 28.1 Å². The van der Waals surface area contributed by atoms with Crippen molar-refractivity contribution in [2.75, 3.05) is 0 Å². The Morgan fingerprint density at radius 2 is 2.04 bits per heavy atom. The minimum atomic E-state index is -0.700. The summed E-state index contributed by atoms with van der Waals surface area (Å²) in [5, 5.41) is 6.73. The van der Waals surface area contributed by atoms with Gasteiger partial charge in [0.2, 0.25) is 5.95 Å². The number of halogens is 1.